The number of carbonyl (C=O) groups is 1. The van der Waals surface area contributed by atoms with E-state index in [2.05, 4.69) is 10.6 Å². The first kappa shape index (κ1) is 13.8. The molecule has 1 fully saturated rings. The van der Waals surface area contributed by atoms with Crippen LogP contribution in [0.3, 0.4) is 0 Å². The summed E-state index contributed by atoms with van der Waals surface area (Å²) in [7, 11) is 1.69. The summed E-state index contributed by atoms with van der Waals surface area (Å²) >= 11 is 0. The number of urea groups is 1. The van der Waals surface area contributed by atoms with Gasteiger partial charge in [0.2, 0.25) is 0 Å². The molecule has 2 unspecified atom stereocenters. The normalized spacial score (nSPS) is 22.2. The highest BCUT2D eigenvalue weighted by Gasteiger charge is 2.28. The van der Waals surface area contributed by atoms with Gasteiger partial charge in [0, 0.05) is 19.3 Å². The first-order chi connectivity index (χ1) is 9.22. The van der Waals surface area contributed by atoms with Crippen molar-refractivity contribution in [3.05, 3.63) is 29.8 Å². The third-order valence-corrected chi connectivity index (χ3v) is 3.49. The van der Waals surface area contributed by atoms with Crippen molar-refractivity contribution < 1.29 is 9.53 Å². The quantitative estimate of drug-likeness (QED) is 0.775. The van der Waals surface area contributed by atoms with E-state index in [1.165, 1.54) is 0 Å². The summed E-state index contributed by atoms with van der Waals surface area (Å²) in [5.41, 5.74) is 7.32. The predicted molar refractivity (Wildman–Crippen MR) is 74.9 cm³/mol. The van der Waals surface area contributed by atoms with Crippen LogP contribution in [0, 0.1) is 0 Å². The van der Waals surface area contributed by atoms with E-state index in [1.54, 1.807) is 7.11 Å². The first-order valence-corrected chi connectivity index (χ1v) is 6.62. The fourth-order valence-electron chi connectivity index (χ4n) is 2.48. The van der Waals surface area contributed by atoms with Crippen LogP contribution in [0.25, 0.3) is 0 Å². The number of amides is 2. The summed E-state index contributed by atoms with van der Waals surface area (Å²) in [6.07, 6.45) is 3.19. The van der Waals surface area contributed by atoms with Gasteiger partial charge in [0.25, 0.3) is 0 Å². The topological polar surface area (TPSA) is 76.4 Å². The van der Waals surface area contributed by atoms with Crippen molar-refractivity contribution in [1.29, 1.82) is 0 Å². The monoisotopic (exact) mass is 263 g/mol. The number of rotatable bonds is 4. The zero-order valence-electron chi connectivity index (χ0n) is 11.2. The molecule has 2 rings (SSSR count). The molecule has 2 atom stereocenters. The van der Waals surface area contributed by atoms with E-state index >= 15 is 0 Å². The van der Waals surface area contributed by atoms with E-state index in [0.717, 1.165) is 30.5 Å². The van der Waals surface area contributed by atoms with Crippen molar-refractivity contribution in [1.82, 2.24) is 5.32 Å². The second-order valence-electron chi connectivity index (χ2n) is 4.81. The van der Waals surface area contributed by atoms with Gasteiger partial charge in [0.15, 0.2) is 0 Å². The minimum atomic E-state index is -0.192. The molecule has 0 heterocycles. The average Bonchev–Trinajstić information content (AvgIpc) is 2.86. The van der Waals surface area contributed by atoms with Gasteiger partial charge in [0.1, 0.15) is 0 Å². The maximum atomic E-state index is 11.9. The fraction of sp³-hybridized carbons (Fsp3) is 0.500. The maximum absolute atomic E-state index is 11.9. The molecule has 0 radical (unpaired) electrons. The molecule has 1 aliphatic carbocycles. The predicted octanol–water partition coefficient (Wildman–Crippen LogP) is 1.83. The van der Waals surface area contributed by atoms with Gasteiger partial charge in [-0.05, 0) is 37.0 Å². The highest BCUT2D eigenvalue weighted by Crippen LogP contribution is 2.21. The Kier molecular flexibility index (Phi) is 4.76. The molecule has 0 aliphatic heterocycles. The van der Waals surface area contributed by atoms with Gasteiger partial charge in [-0.25, -0.2) is 4.79 Å². The number of methoxy groups -OCH3 is 1. The Morgan fingerprint density at radius 3 is 3.05 bits per heavy atom. The van der Waals surface area contributed by atoms with Crippen LogP contribution < -0.4 is 16.4 Å². The van der Waals surface area contributed by atoms with Gasteiger partial charge >= 0.3 is 6.03 Å². The zero-order valence-corrected chi connectivity index (χ0v) is 11.2. The van der Waals surface area contributed by atoms with Crippen LogP contribution in [-0.4, -0.2) is 25.3 Å². The van der Waals surface area contributed by atoms with Gasteiger partial charge in [-0.1, -0.05) is 12.1 Å². The lowest BCUT2D eigenvalue weighted by Gasteiger charge is -2.20. The van der Waals surface area contributed by atoms with Gasteiger partial charge in [-0.3, -0.25) is 0 Å². The number of carbonyl (C=O) groups excluding carboxylic acids is 1. The Bertz CT molecular complexity index is 436. The SMILES string of the molecule is COC1CCCC1NC(=O)Nc1cccc(CN)c1. The third-order valence-electron chi connectivity index (χ3n) is 3.49. The molecular weight excluding hydrogens is 242 g/mol. The summed E-state index contributed by atoms with van der Waals surface area (Å²) in [4.78, 5) is 11.9. The number of ether oxygens (including phenoxy) is 1. The third kappa shape index (κ3) is 3.68. The van der Waals surface area contributed by atoms with Crippen molar-refractivity contribution in [3.8, 4) is 0 Å². The Balaban J connectivity index is 1.90. The second kappa shape index (κ2) is 6.54. The molecule has 1 aliphatic rings. The molecule has 5 nitrogen and oxygen atoms in total. The van der Waals surface area contributed by atoms with Crippen LogP contribution in [0.2, 0.25) is 0 Å². The Labute approximate surface area is 113 Å². The molecule has 1 aromatic carbocycles. The standard InChI is InChI=1S/C14H21N3O2/c1-19-13-7-3-6-12(13)17-14(18)16-11-5-2-4-10(8-11)9-15/h2,4-5,8,12-13H,3,6-7,9,15H2,1H3,(H2,16,17,18). The van der Waals surface area contributed by atoms with Crippen LogP contribution >= 0.6 is 0 Å². The molecule has 4 N–H and O–H groups in total. The highest BCUT2D eigenvalue weighted by molar-refractivity contribution is 5.89. The van der Waals surface area contributed by atoms with Gasteiger partial charge < -0.3 is 21.1 Å². The molecule has 104 valence electrons. The summed E-state index contributed by atoms with van der Waals surface area (Å²) < 4.78 is 5.35. The highest BCUT2D eigenvalue weighted by atomic mass is 16.5. The molecule has 5 heteroatoms. The molecule has 0 saturated heterocycles. The van der Waals surface area contributed by atoms with E-state index < -0.39 is 0 Å². The lowest BCUT2D eigenvalue weighted by molar-refractivity contribution is 0.0882. The smallest absolute Gasteiger partial charge is 0.319 e. The van der Waals surface area contributed by atoms with Crippen LogP contribution in [0.5, 0.6) is 0 Å². The van der Waals surface area contributed by atoms with Crippen molar-refractivity contribution in [2.75, 3.05) is 12.4 Å². The maximum Gasteiger partial charge on any atom is 0.319 e. The minimum absolute atomic E-state index is 0.0997. The molecule has 2 amide bonds. The van der Waals surface area contributed by atoms with Crippen LogP contribution in [0.4, 0.5) is 10.5 Å². The number of hydrogen-bond donors (Lipinski definition) is 3. The van der Waals surface area contributed by atoms with Crippen molar-refractivity contribution in [3.63, 3.8) is 0 Å². The Hall–Kier alpha value is -1.59. The minimum Gasteiger partial charge on any atom is -0.379 e. The summed E-state index contributed by atoms with van der Waals surface area (Å²) in [5.74, 6) is 0. The van der Waals surface area contributed by atoms with Gasteiger partial charge in [0.05, 0.1) is 12.1 Å². The number of nitrogens with one attached hydrogen (secondary N) is 2. The van der Waals surface area contributed by atoms with E-state index in [0.29, 0.717) is 6.54 Å². The molecule has 1 aromatic rings. The first-order valence-electron chi connectivity index (χ1n) is 6.62. The largest absolute Gasteiger partial charge is 0.379 e. The average molecular weight is 263 g/mol. The number of benzene rings is 1. The Morgan fingerprint density at radius 2 is 2.32 bits per heavy atom. The number of hydrogen-bond acceptors (Lipinski definition) is 3. The second-order valence-corrected chi connectivity index (χ2v) is 4.81. The zero-order chi connectivity index (χ0) is 13.7. The van der Waals surface area contributed by atoms with Crippen LogP contribution in [0.1, 0.15) is 24.8 Å². The lowest BCUT2D eigenvalue weighted by Crippen LogP contribution is -2.42. The van der Waals surface area contributed by atoms with E-state index in [9.17, 15) is 4.79 Å². The van der Waals surface area contributed by atoms with E-state index in [-0.39, 0.29) is 18.2 Å². The van der Waals surface area contributed by atoms with Gasteiger partial charge in [-0.2, -0.15) is 0 Å². The molecule has 0 aromatic heterocycles. The van der Waals surface area contributed by atoms with Crippen LogP contribution in [-0.2, 0) is 11.3 Å². The fourth-order valence-corrected chi connectivity index (χ4v) is 2.48. The van der Waals surface area contributed by atoms with E-state index in [4.69, 9.17) is 10.5 Å². The molecular formula is C14H21N3O2. The van der Waals surface area contributed by atoms with Crippen molar-refractivity contribution in [2.45, 2.75) is 38.0 Å². The van der Waals surface area contributed by atoms with E-state index in [1.807, 2.05) is 24.3 Å². The molecule has 19 heavy (non-hydrogen) atoms. The Morgan fingerprint density at radius 1 is 1.47 bits per heavy atom. The molecule has 0 bridgehead atoms. The van der Waals surface area contributed by atoms with Crippen molar-refractivity contribution >= 4 is 11.7 Å². The number of anilines is 1. The van der Waals surface area contributed by atoms with Gasteiger partial charge in [-0.15, -0.1) is 0 Å². The molecule has 1 saturated carbocycles. The van der Waals surface area contributed by atoms with Crippen LogP contribution in [0.15, 0.2) is 24.3 Å². The van der Waals surface area contributed by atoms with Crippen molar-refractivity contribution in [2.24, 2.45) is 5.73 Å². The summed E-state index contributed by atoms with van der Waals surface area (Å²) in [6.45, 7) is 0.464. The molecule has 0 spiro atoms. The summed E-state index contributed by atoms with van der Waals surface area (Å²) in [5, 5.41) is 5.79. The summed E-state index contributed by atoms with van der Waals surface area (Å²) in [6, 6.07) is 7.45. The number of nitrogens with two attached hydrogens (primary N) is 1. The lowest BCUT2D eigenvalue weighted by atomic mass is 10.2.